The van der Waals surface area contributed by atoms with Gasteiger partial charge < -0.3 is 9.84 Å². The summed E-state index contributed by atoms with van der Waals surface area (Å²) in [5, 5.41) is 8.76. The molecule has 0 aliphatic heterocycles. The Bertz CT molecular complexity index is 286. The number of nitrogens with zero attached hydrogens (tertiary/aromatic N) is 1. The van der Waals surface area contributed by atoms with Crippen LogP contribution in [0.3, 0.4) is 0 Å². The lowest BCUT2D eigenvalue weighted by Crippen LogP contribution is -2.18. The van der Waals surface area contributed by atoms with Crippen LogP contribution in [0, 0.1) is 0 Å². The van der Waals surface area contributed by atoms with Gasteiger partial charge in [-0.15, -0.1) is 0 Å². The number of aromatic nitrogens is 1. The van der Waals surface area contributed by atoms with E-state index >= 15 is 0 Å². The second-order valence-electron chi connectivity index (χ2n) is 2.22. The number of halogens is 3. The number of methoxy groups -OCH3 is 1. The molecule has 0 fully saturated rings. The first-order valence-electron chi connectivity index (χ1n) is 3.20. The highest BCUT2D eigenvalue weighted by Gasteiger charge is 2.40. The van der Waals surface area contributed by atoms with Crippen molar-refractivity contribution in [3.05, 3.63) is 10.9 Å². The van der Waals surface area contributed by atoms with E-state index in [9.17, 15) is 13.2 Å². The van der Waals surface area contributed by atoms with Crippen molar-refractivity contribution < 1.29 is 23.0 Å². The fourth-order valence-electron chi connectivity index (χ4n) is 0.658. The highest BCUT2D eigenvalue weighted by molar-refractivity contribution is 7.06. The van der Waals surface area contributed by atoms with Crippen LogP contribution < -0.4 is 4.74 Å². The van der Waals surface area contributed by atoms with Gasteiger partial charge in [-0.2, -0.15) is 17.5 Å². The number of alkyl halides is 3. The summed E-state index contributed by atoms with van der Waals surface area (Å²) in [6.07, 6.45) is -7.13. The Morgan fingerprint density at radius 1 is 1.62 bits per heavy atom. The van der Waals surface area contributed by atoms with Crippen LogP contribution in [0.25, 0.3) is 0 Å². The third-order valence-corrected chi connectivity index (χ3v) is 2.12. The van der Waals surface area contributed by atoms with Gasteiger partial charge in [-0.25, -0.2) is 0 Å². The summed E-state index contributed by atoms with van der Waals surface area (Å²) >= 11 is 0.564. The van der Waals surface area contributed by atoms with Crippen molar-refractivity contribution >= 4 is 11.5 Å². The van der Waals surface area contributed by atoms with Gasteiger partial charge in [0.25, 0.3) is 0 Å². The van der Waals surface area contributed by atoms with Gasteiger partial charge in [0.15, 0.2) is 6.10 Å². The zero-order valence-electron chi connectivity index (χ0n) is 6.50. The Morgan fingerprint density at radius 2 is 2.23 bits per heavy atom. The van der Waals surface area contributed by atoms with Gasteiger partial charge >= 0.3 is 6.18 Å². The van der Waals surface area contributed by atoms with Crippen molar-refractivity contribution in [2.24, 2.45) is 0 Å². The highest BCUT2D eigenvalue weighted by atomic mass is 32.1. The molecule has 3 nitrogen and oxygen atoms in total. The van der Waals surface area contributed by atoms with Gasteiger partial charge in [0, 0.05) is 6.07 Å². The van der Waals surface area contributed by atoms with Gasteiger partial charge in [0.2, 0.25) is 5.88 Å². The molecule has 0 amide bonds. The molecule has 1 rings (SSSR count). The van der Waals surface area contributed by atoms with E-state index in [4.69, 9.17) is 5.11 Å². The first-order valence-corrected chi connectivity index (χ1v) is 3.98. The Balaban J connectivity index is 2.83. The summed E-state index contributed by atoms with van der Waals surface area (Å²) in [5.74, 6) is 0.0725. The van der Waals surface area contributed by atoms with Crippen LogP contribution in [0.2, 0.25) is 0 Å². The minimum Gasteiger partial charge on any atom is -0.480 e. The van der Waals surface area contributed by atoms with Crippen molar-refractivity contribution in [1.29, 1.82) is 0 Å². The number of ether oxygens (including phenoxy) is 1. The van der Waals surface area contributed by atoms with Crippen molar-refractivity contribution in [1.82, 2.24) is 4.37 Å². The Labute approximate surface area is 75.9 Å². The van der Waals surface area contributed by atoms with Crippen molar-refractivity contribution in [3.8, 4) is 5.88 Å². The average molecular weight is 213 g/mol. The second kappa shape index (κ2) is 3.51. The molecule has 1 N–H and O–H groups in total. The molecule has 74 valence electrons. The molecule has 1 atom stereocenters. The van der Waals surface area contributed by atoms with E-state index in [1.54, 1.807) is 0 Å². The summed E-state index contributed by atoms with van der Waals surface area (Å²) < 4.78 is 43.9. The van der Waals surface area contributed by atoms with Gasteiger partial charge in [0.1, 0.15) is 0 Å². The Morgan fingerprint density at radius 3 is 2.62 bits per heavy atom. The molecule has 0 radical (unpaired) electrons. The smallest absolute Gasteiger partial charge is 0.419 e. The zero-order chi connectivity index (χ0) is 10.1. The van der Waals surface area contributed by atoms with Gasteiger partial charge in [0.05, 0.1) is 12.0 Å². The third kappa shape index (κ3) is 2.31. The van der Waals surface area contributed by atoms with Crippen LogP contribution in [-0.4, -0.2) is 22.8 Å². The maximum atomic E-state index is 11.9. The van der Waals surface area contributed by atoms with Gasteiger partial charge in [-0.1, -0.05) is 0 Å². The fourth-order valence-corrected chi connectivity index (χ4v) is 1.37. The normalized spacial score (nSPS) is 14.2. The minimum atomic E-state index is -4.66. The van der Waals surface area contributed by atoms with Crippen LogP contribution >= 0.6 is 11.5 Å². The zero-order valence-corrected chi connectivity index (χ0v) is 7.32. The quantitative estimate of drug-likeness (QED) is 0.813. The fraction of sp³-hybridized carbons (Fsp3) is 0.500. The van der Waals surface area contributed by atoms with Crippen LogP contribution in [0.4, 0.5) is 13.2 Å². The van der Waals surface area contributed by atoms with E-state index in [0.717, 1.165) is 6.07 Å². The molecular formula is C6H6F3NO2S. The summed E-state index contributed by atoms with van der Waals surface area (Å²) in [4.78, 5) is -0.274. The first-order chi connectivity index (χ1) is 5.95. The summed E-state index contributed by atoms with van der Waals surface area (Å²) in [5.41, 5.74) is 0. The van der Waals surface area contributed by atoms with E-state index < -0.39 is 12.3 Å². The molecule has 1 aromatic rings. The molecule has 0 spiro atoms. The van der Waals surface area contributed by atoms with E-state index in [1.165, 1.54) is 7.11 Å². The molecule has 1 aromatic heterocycles. The lowest BCUT2D eigenvalue weighted by molar-refractivity contribution is -0.205. The molecule has 0 aromatic carbocycles. The number of hydrogen-bond donors (Lipinski definition) is 1. The number of aliphatic hydroxyl groups excluding tert-OH is 1. The lowest BCUT2D eigenvalue weighted by atomic mass is 10.3. The number of rotatable bonds is 2. The Kier molecular flexibility index (Phi) is 2.77. The molecule has 1 heterocycles. The van der Waals surface area contributed by atoms with E-state index in [2.05, 4.69) is 9.11 Å². The molecule has 0 saturated carbocycles. The van der Waals surface area contributed by atoms with Gasteiger partial charge in [-0.05, 0) is 11.5 Å². The molecule has 13 heavy (non-hydrogen) atoms. The standard InChI is InChI=1S/C6H6F3NO2S/c1-12-4-2-3(13-10-4)5(11)6(7,8)9/h2,5,11H,1H3/t5-/m0/s1. The maximum absolute atomic E-state index is 11.9. The van der Waals surface area contributed by atoms with Crippen LogP contribution in [0.5, 0.6) is 5.88 Å². The lowest BCUT2D eigenvalue weighted by Gasteiger charge is -2.11. The highest BCUT2D eigenvalue weighted by Crippen LogP contribution is 2.35. The van der Waals surface area contributed by atoms with Crippen molar-refractivity contribution in [2.45, 2.75) is 12.3 Å². The molecule has 0 bridgehead atoms. The molecule has 7 heteroatoms. The minimum absolute atomic E-state index is 0.0725. The predicted octanol–water partition coefficient (Wildman–Crippen LogP) is 1.75. The second-order valence-corrected chi connectivity index (χ2v) is 3.05. The predicted molar refractivity (Wildman–Crippen MR) is 39.7 cm³/mol. The number of aliphatic hydroxyl groups is 1. The summed E-state index contributed by atoms with van der Waals surface area (Å²) in [7, 11) is 1.29. The van der Waals surface area contributed by atoms with E-state index in [1.807, 2.05) is 0 Å². The molecule has 0 unspecified atom stereocenters. The van der Waals surface area contributed by atoms with Crippen LogP contribution in [-0.2, 0) is 0 Å². The van der Waals surface area contributed by atoms with Gasteiger partial charge in [-0.3, -0.25) is 0 Å². The van der Waals surface area contributed by atoms with Crippen LogP contribution in [0.1, 0.15) is 11.0 Å². The average Bonchev–Trinajstić information content (AvgIpc) is 2.48. The molecule has 0 aliphatic rings. The summed E-state index contributed by atoms with van der Waals surface area (Å²) in [6.45, 7) is 0. The first kappa shape index (κ1) is 10.3. The molecular weight excluding hydrogens is 207 g/mol. The Hall–Kier alpha value is -0.820. The number of hydrogen-bond acceptors (Lipinski definition) is 4. The van der Waals surface area contributed by atoms with E-state index in [0.29, 0.717) is 11.5 Å². The summed E-state index contributed by atoms with van der Waals surface area (Å²) in [6, 6.07) is 1.06. The maximum Gasteiger partial charge on any atom is 0.419 e. The largest absolute Gasteiger partial charge is 0.480 e. The SMILES string of the molecule is COc1cc([C@H](O)C(F)(F)F)sn1. The molecule has 0 saturated heterocycles. The van der Waals surface area contributed by atoms with E-state index in [-0.39, 0.29) is 10.8 Å². The third-order valence-electron chi connectivity index (χ3n) is 1.30. The van der Waals surface area contributed by atoms with Crippen molar-refractivity contribution in [2.75, 3.05) is 7.11 Å². The van der Waals surface area contributed by atoms with Crippen LogP contribution in [0.15, 0.2) is 6.07 Å². The molecule has 0 aliphatic carbocycles. The van der Waals surface area contributed by atoms with Crippen molar-refractivity contribution in [3.63, 3.8) is 0 Å². The topological polar surface area (TPSA) is 42.4 Å². The monoisotopic (exact) mass is 213 g/mol.